The van der Waals surface area contributed by atoms with Gasteiger partial charge in [0.15, 0.2) is 6.10 Å². The van der Waals surface area contributed by atoms with Gasteiger partial charge in [-0.25, -0.2) is 4.79 Å². The van der Waals surface area contributed by atoms with Crippen molar-refractivity contribution in [2.75, 3.05) is 6.61 Å². The lowest BCUT2D eigenvalue weighted by Crippen LogP contribution is -2.37. The highest BCUT2D eigenvalue weighted by Crippen LogP contribution is 2.26. The molecule has 1 amide bonds. The quantitative estimate of drug-likeness (QED) is 0.409. The van der Waals surface area contributed by atoms with Gasteiger partial charge in [0.05, 0.1) is 18.2 Å². The number of carbonyl (C=O) groups excluding carboxylic acids is 2. The topological polar surface area (TPSA) is 64.6 Å². The van der Waals surface area contributed by atoms with Gasteiger partial charge in [-0.3, -0.25) is 4.79 Å². The summed E-state index contributed by atoms with van der Waals surface area (Å²) in [5, 5.41) is 3.76. The Labute approximate surface area is 181 Å². The third-order valence-corrected chi connectivity index (χ3v) is 4.86. The number of halogens is 2. The highest BCUT2D eigenvalue weighted by molar-refractivity contribution is 6.35. The summed E-state index contributed by atoms with van der Waals surface area (Å²) in [6.45, 7) is 6.03. The zero-order valence-electron chi connectivity index (χ0n) is 16.7. The second-order valence-electron chi connectivity index (χ2n) is 6.67. The number of unbranched alkanes of at least 4 members (excludes halogenated alkanes) is 1. The van der Waals surface area contributed by atoms with E-state index in [4.69, 9.17) is 32.7 Å². The summed E-state index contributed by atoms with van der Waals surface area (Å²) < 4.78 is 10.8. The van der Waals surface area contributed by atoms with E-state index in [2.05, 4.69) is 12.2 Å². The van der Waals surface area contributed by atoms with Crippen LogP contribution < -0.4 is 10.1 Å². The van der Waals surface area contributed by atoms with E-state index in [1.165, 1.54) is 6.92 Å². The van der Waals surface area contributed by atoms with E-state index in [-0.39, 0.29) is 6.04 Å². The van der Waals surface area contributed by atoms with E-state index < -0.39 is 18.0 Å². The molecule has 5 nitrogen and oxygen atoms in total. The Bertz CT molecular complexity index is 839. The van der Waals surface area contributed by atoms with Gasteiger partial charge in [-0.2, -0.15) is 0 Å². The second kappa shape index (κ2) is 11.1. The first-order valence-corrected chi connectivity index (χ1v) is 10.3. The zero-order valence-corrected chi connectivity index (χ0v) is 18.2. The number of amides is 1. The molecule has 2 atom stereocenters. The van der Waals surface area contributed by atoms with Gasteiger partial charge in [0, 0.05) is 10.0 Å². The van der Waals surface area contributed by atoms with Gasteiger partial charge in [0.25, 0.3) is 5.91 Å². The second-order valence-corrected chi connectivity index (χ2v) is 7.51. The monoisotopic (exact) mass is 437 g/mol. The maximum atomic E-state index is 12.4. The number of benzene rings is 2. The van der Waals surface area contributed by atoms with Crippen molar-refractivity contribution in [3.05, 3.63) is 63.6 Å². The lowest BCUT2D eigenvalue weighted by atomic mass is 10.1. The van der Waals surface area contributed by atoms with Gasteiger partial charge in [0.2, 0.25) is 0 Å². The van der Waals surface area contributed by atoms with Crippen LogP contribution in [0.15, 0.2) is 42.5 Å². The average molecular weight is 438 g/mol. The van der Waals surface area contributed by atoms with Crippen LogP contribution in [-0.2, 0) is 9.53 Å². The van der Waals surface area contributed by atoms with Crippen molar-refractivity contribution in [1.82, 2.24) is 5.32 Å². The summed E-state index contributed by atoms with van der Waals surface area (Å²) in [7, 11) is 0. The summed E-state index contributed by atoms with van der Waals surface area (Å²) in [6.07, 6.45) is 1.06. The van der Waals surface area contributed by atoms with Crippen molar-refractivity contribution < 1.29 is 19.1 Å². The molecule has 0 heterocycles. The smallest absolute Gasteiger partial charge is 0.338 e. The number of nitrogens with one attached hydrogen (secondary N) is 1. The van der Waals surface area contributed by atoms with Crippen molar-refractivity contribution in [3.8, 4) is 5.75 Å². The van der Waals surface area contributed by atoms with Gasteiger partial charge >= 0.3 is 5.97 Å². The highest BCUT2D eigenvalue weighted by atomic mass is 35.5. The van der Waals surface area contributed by atoms with Gasteiger partial charge in [-0.05, 0) is 62.2 Å². The Morgan fingerprint density at radius 2 is 1.76 bits per heavy atom. The number of ether oxygens (including phenoxy) is 2. The van der Waals surface area contributed by atoms with Crippen molar-refractivity contribution in [2.24, 2.45) is 0 Å². The maximum Gasteiger partial charge on any atom is 0.338 e. The summed E-state index contributed by atoms with van der Waals surface area (Å²) >= 11 is 12.1. The Hall–Kier alpha value is -2.24. The molecule has 2 aromatic rings. The minimum absolute atomic E-state index is 0.348. The van der Waals surface area contributed by atoms with E-state index in [0.717, 1.165) is 18.4 Å². The van der Waals surface area contributed by atoms with Gasteiger partial charge < -0.3 is 14.8 Å². The third-order valence-electron chi connectivity index (χ3n) is 4.30. The van der Waals surface area contributed by atoms with Crippen molar-refractivity contribution >= 4 is 35.1 Å². The standard InChI is InChI=1S/C22H25Cl2NO4/c1-4-5-12-28-18-9-6-16(7-10-18)22(27)29-15(3)21(26)25-14(2)19-11-8-17(23)13-20(19)24/h6-11,13-15H,4-5,12H2,1-3H3,(H,25,26)/t14-,15-/m1/s1. The van der Waals surface area contributed by atoms with E-state index in [1.807, 2.05) is 0 Å². The minimum atomic E-state index is -0.962. The number of carbonyl (C=O) groups is 2. The molecule has 2 rings (SSSR count). The molecule has 0 saturated heterocycles. The molecule has 0 spiro atoms. The van der Waals surface area contributed by atoms with Crippen LogP contribution >= 0.6 is 23.2 Å². The predicted molar refractivity (Wildman–Crippen MR) is 115 cm³/mol. The largest absolute Gasteiger partial charge is 0.494 e. The number of hydrogen-bond acceptors (Lipinski definition) is 4. The lowest BCUT2D eigenvalue weighted by molar-refractivity contribution is -0.129. The first-order chi connectivity index (χ1) is 13.8. The molecule has 0 bridgehead atoms. The molecular weight excluding hydrogens is 413 g/mol. The van der Waals surface area contributed by atoms with Crippen LogP contribution in [0.4, 0.5) is 0 Å². The third kappa shape index (κ3) is 6.94. The van der Waals surface area contributed by atoms with Crippen LogP contribution in [0.1, 0.15) is 55.6 Å². The maximum absolute atomic E-state index is 12.4. The normalized spacial score (nSPS) is 12.7. The Kier molecular flexibility index (Phi) is 8.80. The first-order valence-electron chi connectivity index (χ1n) is 9.51. The van der Waals surface area contributed by atoms with Gasteiger partial charge in [-0.1, -0.05) is 42.6 Å². The summed E-state index contributed by atoms with van der Waals surface area (Å²) in [6, 6.07) is 11.3. The predicted octanol–water partition coefficient (Wildman–Crippen LogP) is 5.60. The molecule has 156 valence electrons. The molecule has 0 unspecified atom stereocenters. The van der Waals surface area contributed by atoms with Crippen LogP contribution in [0.25, 0.3) is 0 Å². The highest BCUT2D eigenvalue weighted by Gasteiger charge is 2.21. The van der Waals surface area contributed by atoms with Gasteiger partial charge in [-0.15, -0.1) is 0 Å². The van der Waals surface area contributed by atoms with E-state index in [9.17, 15) is 9.59 Å². The molecule has 0 radical (unpaired) electrons. The summed E-state index contributed by atoms with van der Waals surface area (Å²) in [5.74, 6) is -0.309. The summed E-state index contributed by atoms with van der Waals surface area (Å²) in [4.78, 5) is 24.7. The molecular formula is C22H25Cl2NO4. The van der Waals surface area contributed by atoms with Crippen LogP contribution in [-0.4, -0.2) is 24.6 Å². The Balaban J connectivity index is 1.90. The Morgan fingerprint density at radius 3 is 2.38 bits per heavy atom. The van der Waals surface area contributed by atoms with E-state index in [1.54, 1.807) is 49.4 Å². The molecule has 0 saturated carbocycles. The van der Waals surface area contributed by atoms with E-state index >= 15 is 0 Å². The van der Waals surface area contributed by atoms with Crippen LogP contribution in [0.2, 0.25) is 10.0 Å². The molecule has 0 aliphatic carbocycles. The van der Waals surface area contributed by atoms with Gasteiger partial charge in [0.1, 0.15) is 5.75 Å². The van der Waals surface area contributed by atoms with E-state index in [0.29, 0.717) is 28.0 Å². The molecule has 1 N–H and O–H groups in total. The fraction of sp³-hybridized carbons (Fsp3) is 0.364. The molecule has 0 aliphatic rings. The SMILES string of the molecule is CCCCOc1ccc(C(=O)O[C@H](C)C(=O)N[C@H](C)c2ccc(Cl)cc2Cl)cc1. The average Bonchev–Trinajstić information content (AvgIpc) is 2.68. The van der Waals surface area contributed by atoms with Crippen molar-refractivity contribution in [2.45, 2.75) is 45.8 Å². The van der Waals surface area contributed by atoms with Crippen LogP contribution in [0.5, 0.6) is 5.75 Å². The Morgan fingerprint density at radius 1 is 1.07 bits per heavy atom. The number of esters is 1. The lowest BCUT2D eigenvalue weighted by Gasteiger charge is -2.19. The number of rotatable bonds is 9. The van der Waals surface area contributed by atoms with Crippen molar-refractivity contribution in [1.29, 1.82) is 0 Å². The summed E-state index contributed by atoms with van der Waals surface area (Å²) in [5.41, 5.74) is 1.07. The molecule has 7 heteroatoms. The minimum Gasteiger partial charge on any atom is -0.494 e. The molecule has 2 aromatic carbocycles. The molecule has 0 aromatic heterocycles. The first kappa shape index (κ1) is 23.0. The molecule has 29 heavy (non-hydrogen) atoms. The molecule has 0 fully saturated rings. The fourth-order valence-electron chi connectivity index (χ4n) is 2.56. The van der Waals surface area contributed by atoms with Crippen molar-refractivity contribution in [3.63, 3.8) is 0 Å². The number of hydrogen-bond donors (Lipinski definition) is 1. The van der Waals surface area contributed by atoms with Crippen LogP contribution in [0, 0.1) is 0 Å². The zero-order chi connectivity index (χ0) is 21.4. The van der Waals surface area contributed by atoms with Crippen LogP contribution in [0.3, 0.4) is 0 Å². The molecule has 0 aliphatic heterocycles. The fourth-order valence-corrected chi connectivity index (χ4v) is 3.14.